The molecule has 132 valence electrons. The van der Waals surface area contributed by atoms with Gasteiger partial charge >= 0.3 is 0 Å². The average molecular weight is 351 g/mol. The molecule has 0 aliphatic heterocycles. The maximum Gasteiger partial charge on any atom is 0.291 e. The Hall–Kier alpha value is -3.61. The Morgan fingerprint density at radius 2 is 1.65 bits per heavy atom. The highest BCUT2D eigenvalue weighted by atomic mass is 16.4. The van der Waals surface area contributed by atoms with E-state index in [0.29, 0.717) is 17.1 Å². The van der Waals surface area contributed by atoms with Crippen LogP contribution in [-0.2, 0) is 11.3 Å². The van der Waals surface area contributed by atoms with Crippen LogP contribution in [0.4, 0.5) is 11.4 Å². The summed E-state index contributed by atoms with van der Waals surface area (Å²) in [6.45, 7) is 1.67. The van der Waals surface area contributed by atoms with Gasteiger partial charge in [-0.2, -0.15) is 0 Å². The summed E-state index contributed by atoms with van der Waals surface area (Å²) >= 11 is 0. The maximum atomic E-state index is 12.3. The van der Waals surface area contributed by atoms with Gasteiger partial charge in [0.25, 0.3) is 11.5 Å². The summed E-state index contributed by atoms with van der Waals surface area (Å²) in [5.41, 5.74) is 1.07. The molecule has 0 bridgehead atoms. The third-order valence-corrected chi connectivity index (χ3v) is 3.57. The van der Waals surface area contributed by atoms with E-state index in [0.717, 1.165) is 0 Å². The van der Waals surface area contributed by atoms with E-state index in [9.17, 15) is 14.4 Å². The number of carbonyl (C=O) groups is 2. The molecule has 7 heteroatoms. The minimum Gasteiger partial charge on any atom is -0.454 e. The number of nitrogens with one attached hydrogen (secondary N) is 2. The summed E-state index contributed by atoms with van der Waals surface area (Å²) in [5.74, 6) is 0.0886. The van der Waals surface area contributed by atoms with Crippen LogP contribution in [0.25, 0.3) is 0 Å². The van der Waals surface area contributed by atoms with Gasteiger partial charge in [-0.05, 0) is 42.5 Å². The third-order valence-electron chi connectivity index (χ3n) is 3.57. The Bertz CT molecular complexity index is 986. The molecule has 0 saturated carbocycles. The van der Waals surface area contributed by atoms with Gasteiger partial charge in [-0.3, -0.25) is 14.4 Å². The van der Waals surface area contributed by atoms with Crippen molar-refractivity contribution in [3.8, 4) is 0 Å². The molecule has 2 aromatic heterocycles. The molecule has 0 saturated heterocycles. The zero-order chi connectivity index (χ0) is 18.5. The number of amides is 2. The monoisotopic (exact) mass is 351 g/mol. The fourth-order valence-corrected chi connectivity index (χ4v) is 2.38. The molecule has 2 heterocycles. The quantitative estimate of drug-likeness (QED) is 0.739. The lowest BCUT2D eigenvalue weighted by molar-refractivity contribution is -0.114. The first-order valence-corrected chi connectivity index (χ1v) is 7.94. The SMILES string of the molecule is CC(=O)Nc1ccc(NC(=O)c2ccc(Cn3ccccc3=O)o2)cc1. The first kappa shape index (κ1) is 17.2. The largest absolute Gasteiger partial charge is 0.454 e. The number of carbonyl (C=O) groups excluding carboxylic acids is 2. The van der Waals surface area contributed by atoms with Crippen LogP contribution in [0.2, 0.25) is 0 Å². The van der Waals surface area contributed by atoms with E-state index < -0.39 is 5.91 Å². The van der Waals surface area contributed by atoms with E-state index in [1.165, 1.54) is 17.6 Å². The predicted octanol–water partition coefficient (Wildman–Crippen LogP) is 2.70. The van der Waals surface area contributed by atoms with Gasteiger partial charge in [-0.25, -0.2) is 0 Å². The highest BCUT2D eigenvalue weighted by Crippen LogP contribution is 2.16. The van der Waals surface area contributed by atoms with Gasteiger partial charge in [0, 0.05) is 30.6 Å². The van der Waals surface area contributed by atoms with Gasteiger partial charge in [0.1, 0.15) is 5.76 Å². The first-order chi connectivity index (χ1) is 12.5. The maximum absolute atomic E-state index is 12.3. The van der Waals surface area contributed by atoms with Gasteiger partial charge in [-0.15, -0.1) is 0 Å². The number of benzene rings is 1. The lowest BCUT2D eigenvalue weighted by Crippen LogP contribution is -2.18. The van der Waals surface area contributed by atoms with Crippen LogP contribution in [0.3, 0.4) is 0 Å². The van der Waals surface area contributed by atoms with Crippen molar-refractivity contribution in [1.82, 2.24) is 4.57 Å². The zero-order valence-corrected chi connectivity index (χ0v) is 14.1. The van der Waals surface area contributed by atoms with Crippen molar-refractivity contribution >= 4 is 23.2 Å². The van der Waals surface area contributed by atoms with E-state index in [1.54, 1.807) is 54.7 Å². The van der Waals surface area contributed by atoms with E-state index in [2.05, 4.69) is 10.6 Å². The first-order valence-electron chi connectivity index (χ1n) is 7.94. The van der Waals surface area contributed by atoms with Crippen LogP contribution in [0.15, 0.2) is 70.0 Å². The Kier molecular flexibility index (Phi) is 4.98. The Morgan fingerprint density at radius 1 is 0.962 bits per heavy atom. The fourth-order valence-electron chi connectivity index (χ4n) is 2.38. The molecule has 0 fully saturated rings. The molecular weight excluding hydrogens is 334 g/mol. The van der Waals surface area contributed by atoms with E-state index in [-0.39, 0.29) is 23.8 Å². The van der Waals surface area contributed by atoms with Crippen molar-refractivity contribution < 1.29 is 14.0 Å². The Balaban J connectivity index is 1.65. The molecule has 3 aromatic rings. The molecular formula is C19H17N3O4. The van der Waals surface area contributed by atoms with E-state index >= 15 is 0 Å². The van der Waals surface area contributed by atoms with Crippen LogP contribution in [0.1, 0.15) is 23.2 Å². The fraction of sp³-hybridized carbons (Fsp3) is 0.105. The highest BCUT2D eigenvalue weighted by Gasteiger charge is 2.12. The average Bonchev–Trinajstić information content (AvgIpc) is 3.07. The smallest absolute Gasteiger partial charge is 0.291 e. The Labute approximate surface area is 149 Å². The normalized spacial score (nSPS) is 10.3. The van der Waals surface area contributed by atoms with Crippen molar-refractivity contribution in [2.45, 2.75) is 13.5 Å². The molecule has 0 aliphatic carbocycles. The van der Waals surface area contributed by atoms with Gasteiger partial charge in [-0.1, -0.05) is 6.07 Å². The number of anilines is 2. The number of nitrogens with zero attached hydrogens (tertiary/aromatic N) is 1. The number of pyridine rings is 1. The second-order valence-corrected chi connectivity index (χ2v) is 5.65. The number of hydrogen-bond acceptors (Lipinski definition) is 4. The predicted molar refractivity (Wildman–Crippen MR) is 97.2 cm³/mol. The molecule has 0 spiro atoms. The van der Waals surface area contributed by atoms with Gasteiger partial charge in [0.15, 0.2) is 5.76 Å². The molecule has 7 nitrogen and oxygen atoms in total. The molecule has 0 atom stereocenters. The number of rotatable bonds is 5. The molecule has 1 aromatic carbocycles. The van der Waals surface area contributed by atoms with Crippen LogP contribution < -0.4 is 16.2 Å². The van der Waals surface area contributed by atoms with E-state index in [4.69, 9.17) is 4.42 Å². The molecule has 2 N–H and O–H groups in total. The van der Waals surface area contributed by atoms with Crippen molar-refractivity contribution in [2.24, 2.45) is 0 Å². The zero-order valence-electron chi connectivity index (χ0n) is 14.1. The standard InChI is InChI=1S/C19H17N3O4/c1-13(23)20-14-5-7-15(8-6-14)21-19(25)17-10-9-16(26-17)12-22-11-3-2-4-18(22)24/h2-11H,12H2,1H3,(H,20,23)(H,21,25). The summed E-state index contributed by atoms with van der Waals surface area (Å²) < 4.78 is 7.01. The molecule has 3 rings (SSSR count). The highest BCUT2D eigenvalue weighted by molar-refractivity contribution is 6.02. The lowest BCUT2D eigenvalue weighted by atomic mass is 10.2. The van der Waals surface area contributed by atoms with Crippen molar-refractivity contribution in [3.05, 3.63) is 82.7 Å². The second-order valence-electron chi connectivity index (χ2n) is 5.65. The van der Waals surface area contributed by atoms with Crippen LogP contribution in [-0.4, -0.2) is 16.4 Å². The lowest BCUT2D eigenvalue weighted by Gasteiger charge is -2.06. The number of hydrogen-bond donors (Lipinski definition) is 2. The van der Waals surface area contributed by atoms with Crippen LogP contribution >= 0.6 is 0 Å². The summed E-state index contributed by atoms with van der Waals surface area (Å²) in [6, 6.07) is 14.8. The molecule has 0 aliphatic rings. The molecule has 26 heavy (non-hydrogen) atoms. The Morgan fingerprint density at radius 3 is 2.31 bits per heavy atom. The van der Waals surface area contributed by atoms with Gasteiger partial charge < -0.3 is 19.6 Å². The van der Waals surface area contributed by atoms with Crippen LogP contribution in [0, 0.1) is 0 Å². The van der Waals surface area contributed by atoms with Crippen molar-refractivity contribution in [1.29, 1.82) is 0 Å². The van der Waals surface area contributed by atoms with Crippen molar-refractivity contribution in [2.75, 3.05) is 10.6 Å². The van der Waals surface area contributed by atoms with Gasteiger partial charge in [0.05, 0.1) is 6.54 Å². The third kappa shape index (κ3) is 4.27. The minimum atomic E-state index is -0.399. The second kappa shape index (κ2) is 7.52. The van der Waals surface area contributed by atoms with Crippen LogP contribution in [0.5, 0.6) is 0 Å². The van der Waals surface area contributed by atoms with E-state index in [1.807, 2.05) is 0 Å². The van der Waals surface area contributed by atoms with Crippen molar-refractivity contribution in [3.63, 3.8) is 0 Å². The summed E-state index contributed by atoms with van der Waals surface area (Å²) in [4.78, 5) is 35.0. The van der Waals surface area contributed by atoms with Gasteiger partial charge in [0.2, 0.25) is 5.91 Å². The summed E-state index contributed by atoms with van der Waals surface area (Å²) in [5, 5.41) is 5.36. The summed E-state index contributed by atoms with van der Waals surface area (Å²) in [6.07, 6.45) is 1.65. The molecule has 0 radical (unpaired) electrons. The summed E-state index contributed by atoms with van der Waals surface area (Å²) in [7, 11) is 0. The molecule has 0 unspecified atom stereocenters. The number of furan rings is 1. The topological polar surface area (TPSA) is 93.3 Å². The minimum absolute atomic E-state index is 0.144. The molecule has 2 amide bonds. The number of aromatic nitrogens is 1.